The molecule has 2 amide bonds. The largest absolute Gasteiger partial charge is 0.474 e. The van der Waals surface area contributed by atoms with Gasteiger partial charge in [-0.25, -0.2) is 0 Å². The lowest BCUT2D eigenvalue weighted by Gasteiger charge is -2.37. The summed E-state index contributed by atoms with van der Waals surface area (Å²) in [5, 5.41) is 7.77. The quantitative estimate of drug-likeness (QED) is 0.479. The Morgan fingerprint density at radius 2 is 2.00 bits per heavy atom. The molecule has 3 N–H and O–H groups in total. The number of rotatable bonds is 11. The second-order valence-electron chi connectivity index (χ2n) is 9.59. The minimum atomic E-state index is -0.448. The average molecular weight is 466 g/mol. The highest BCUT2D eigenvalue weighted by molar-refractivity contribution is 8.00. The van der Waals surface area contributed by atoms with Gasteiger partial charge in [0.25, 0.3) is 11.8 Å². The van der Waals surface area contributed by atoms with Crippen LogP contribution >= 0.6 is 11.8 Å². The highest BCUT2D eigenvalue weighted by Gasteiger charge is 2.35. The highest BCUT2D eigenvalue weighted by Crippen LogP contribution is 2.41. The van der Waals surface area contributed by atoms with Crippen LogP contribution in [0.3, 0.4) is 0 Å². The van der Waals surface area contributed by atoms with Crippen LogP contribution in [-0.4, -0.2) is 34.9 Å². The summed E-state index contributed by atoms with van der Waals surface area (Å²) in [6.07, 6.45) is 11.6. The number of nitrogens with two attached hydrogens (primary N) is 1. The predicted molar refractivity (Wildman–Crippen MR) is 126 cm³/mol. The number of unbranched alkanes of at least 4 members (excludes halogenated alkanes) is 1. The molecule has 3 rings (SSSR count). The second-order valence-corrected chi connectivity index (χ2v) is 10.9. The number of carbonyl (C=O) groups excluding carboxylic acids is 2. The number of ether oxygens (including phenoxy) is 1. The topological polar surface area (TPSA) is 107 Å². The van der Waals surface area contributed by atoms with Crippen LogP contribution in [0.1, 0.15) is 95.5 Å². The molecule has 7 nitrogen and oxygen atoms in total. The van der Waals surface area contributed by atoms with Crippen molar-refractivity contribution < 1.29 is 18.8 Å². The molecule has 0 aliphatic heterocycles. The number of nitrogens with one attached hydrogen (secondary N) is 1. The summed E-state index contributed by atoms with van der Waals surface area (Å²) in [7, 11) is 0. The van der Waals surface area contributed by atoms with Gasteiger partial charge in [0.05, 0.1) is 5.92 Å². The fourth-order valence-electron chi connectivity index (χ4n) is 4.86. The Labute approximate surface area is 195 Å². The van der Waals surface area contributed by atoms with E-state index in [1.807, 2.05) is 0 Å². The zero-order chi connectivity index (χ0) is 23.1. The minimum absolute atomic E-state index is 0.111. The Bertz CT molecular complexity index is 762. The van der Waals surface area contributed by atoms with Gasteiger partial charge in [-0.2, -0.15) is 0 Å². The van der Waals surface area contributed by atoms with Crippen LogP contribution in [0, 0.1) is 17.8 Å². The predicted octanol–water partition coefficient (Wildman–Crippen LogP) is 4.93. The van der Waals surface area contributed by atoms with Crippen LogP contribution in [0.4, 0.5) is 0 Å². The van der Waals surface area contributed by atoms with Gasteiger partial charge in [0.1, 0.15) is 11.5 Å². The molecule has 2 saturated carbocycles. The average Bonchev–Trinajstić information content (AvgIpc) is 3.42. The third kappa shape index (κ3) is 6.42. The van der Waals surface area contributed by atoms with E-state index in [9.17, 15) is 9.59 Å². The standard InChI is InChI=1S/C24H39N3O4S/c1-4-5-10-17-11-8-9-15(2)19(17)26-23(29)20-21(32-18-12-6-7-13-18)24(27-31-20)30-14-16(3)22(25)28/h15-19H,4-14H2,1-3H3,(H2,25,28)(H,26,29). The Morgan fingerprint density at radius 3 is 2.69 bits per heavy atom. The highest BCUT2D eigenvalue weighted by atomic mass is 32.2. The third-order valence-corrected chi connectivity index (χ3v) is 8.35. The third-order valence-electron chi connectivity index (χ3n) is 6.95. The molecule has 180 valence electrons. The van der Waals surface area contributed by atoms with Crippen LogP contribution in [-0.2, 0) is 4.79 Å². The number of primary amides is 1. The molecule has 32 heavy (non-hydrogen) atoms. The van der Waals surface area contributed by atoms with E-state index in [0.717, 1.165) is 32.1 Å². The van der Waals surface area contributed by atoms with Crippen molar-refractivity contribution in [3.05, 3.63) is 5.76 Å². The van der Waals surface area contributed by atoms with E-state index in [0.29, 0.717) is 27.9 Å². The molecule has 0 spiro atoms. The van der Waals surface area contributed by atoms with E-state index in [1.54, 1.807) is 18.7 Å². The summed E-state index contributed by atoms with van der Waals surface area (Å²) in [6, 6.07) is 0.150. The molecule has 2 aliphatic carbocycles. The molecule has 0 radical (unpaired) electrons. The Morgan fingerprint density at radius 1 is 1.25 bits per heavy atom. The number of carbonyl (C=O) groups is 2. The molecule has 4 atom stereocenters. The summed E-state index contributed by atoms with van der Waals surface area (Å²) < 4.78 is 11.3. The lowest BCUT2D eigenvalue weighted by atomic mass is 9.75. The van der Waals surface area contributed by atoms with Crippen molar-refractivity contribution in [2.75, 3.05) is 6.61 Å². The first-order valence-electron chi connectivity index (χ1n) is 12.3. The molecule has 1 heterocycles. The number of hydrogen-bond donors (Lipinski definition) is 2. The Kier molecular flexibility index (Phi) is 9.32. The fraction of sp³-hybridized carbons (Fsp3) is 0.792. The van der Waals surface area contributed by atoms with Crippen molar-refractivity contribution in [2.45, 2.75) is 101 Å². The smallest absolute Gasteiger partial charge is 0.291 e. The lowest BCUT2D eigenvalue weighted by Crippen LogP contribution is -2.46. The Hall–Kier alpha value is -1.70. The first kappa shape index (κ1) is 24.9. The number of nitrogens with zero attached hydrogens (tertiary/aromatic N) is 1. The molecular formula is C24H39N3O4S. The number of aromatic nitrogens is 1. The monoisotopic (exact) mass is 465 g/mol. The van der Waals surface area contributed by atoms with E-state index in [1.165, 1.54) is 32.1 Å². The molecule has 1 aromatic rings. The molecule has 1 aromatic heterocycles. The van der Waals surface area contributed by atoms with E-state index in [2.05, 4.69) is 24.3 Å². The van der Waals surface area contributed by atoms with Crippen molar-refractivity contribution >= 4 is 23.6 Å². The van der Waals surface area contributed by atoms with Gasteiger partial charge in [-0.15, -0.1) is 11.8 Å². The van der Waals surface area contributed by atoms with Gasteiger partial charge < -0.3 is 20.3 Å². The van der Waals surface area contributed by atoms with Gasteiger partial charge in [0.2, 0.25) is 11.7 Å². The first-order chi connectivity index (χ1) is 15.4. The van der Waals surface area contributed by atoms with Gasteiger partial charge in [0, 0.05) is 11.3 Å². The molecule has 0 bridgehead atoms. The van der Waals surface area contributed by atoms with Crippen LogP contribution in [0.15, 0.2) is 9.42 Å². The lowest BCUT2D eigenvalue weighted by molar-refractivity contribution is -0.122. The molecule has 0 aromatic carbocycles. The SMILES string of the molecule is CCCCC1CCCC(C)C1NC(=O)c1onc(OCC(C)C(N)=O)c1SC1CCCC1. The van der Waals surface area contributed by atoms with Gasteiger partial charge >= 0.3 is 0 Å². The maximum atomic E-state index is 13.3. The van der Waals surface area contributed by atoms with Crippen molar-refractivity contribution in [1.82, 2.24) is 10.5 Å². The number of amides is 2. The van der Waals surface area contributed by atoms with Crippen molar-refractivity contribution in [1.29, 1.82) is 0 Å². The van der Waals surface area contributed by atoms with Gasteiger partial charge in [0.15, 0.2) is 0 Å². The maximum absolute atomic E-state index is 13.3. The van der Waals surface area contributed by atoms with Gasteiger partial charge in [-0.1, -0.05) is 52.9 Å². The van der Waals surface area contributed by atoms with E-state index in [4.69, 9.17) is 15.0 Å². The Balaban J connectivity index is 1.76. The molecule has 2 aliphatic rings. The van der Waals surface area contributed by atoms with Crippen LogP contribution in [0.25, 0.3) is 0 Å². The van der Waals surface area contributed by atoms with E-state index in [-0.39, 0.29) is 24.3 Å². The summed E-state index contributed by atoms with van der Waals surface area (Å²) in [6.45, 7) is 6.26. The van der Waals surface area contributed by atoms with Gasteiger partial charge in [-0.3, -0.25) is 9.59 Å². The summed E-state index contributed by atoms with van der Waals surface area (Å²) in [5.41, 5.74) is 5.36. The maximum Gasteiger partial charge on any atom is 0.291 e. The summed E-state index contributed by atoms with van der Waals surface area (Å²) >= 11 is 1.62. The van der Waals surface area contributed by atoms with Gasteiger partial charge in [-0.05, 0) is 49.1 Å². The normalized spacial score (nSPS) is 24.9. The molecule has 4 unspecified atom stereocenters. The molecule has 0 saturated heterocycles. The summed E-state index contributed by atoms with van der Waals surface area (Å²) in [4.78, 5) is 25.4. The van der Waals surface area contributed by atoms with Crippen molar-refractivity contribution in [3.8, 4) is 5.88 Å². The summed E-state index contributed by atoms with van der Waals surface area (Å²) in [5.74, 6) is 0.377. The molecular weight excluding hydrogens is 426 g/mol. The fourth-order valence-corrected chi connectivity index (χ4v) is 6.20. The first-order valence-corrected chi connectivity index (χ1v) is 13.2. The van der Waals surface area contributed by atoms with Crippen molar-refractivity contribution in [3.63, 3.8) is 0 Å². The number of thioether (sulfide) groups is 1. The zero-order valence-electron chi connectivity index (χ0n) is 19.7. The van der Waals surface area contributed by atoms with Crippen LogP contribution in [0.2, 0.25) is 0 Å². The number of hydrogen-bond acceptors (Lipinski definition) is 6. The second kappa shape index (κ2) is 12.0. The van der Waals surface area contributed by atoms with Crippen molar-refractivity contribution in [2.24, 2.45) is 23.5 Å². The minimum Gasteiger partial charge on any atom is -0.474 e. The molecule has 2 fully saturated rings. The van der Waals surface area contributed by atoms with Crippen LogP contribution < -0.4 is 15.8 Å². The van der Waals surface area contributed by atoms with E-state index >= 15 is 0 Å². The molecule has 8 heteroatoms. The van der Waals surface area contributed by atoms with Crippen LogP contribution in [0.5, 0.6) is 5.88 Å². The van der Waals surface area contributed by atoms with E-state index < -0.39 is 11.8 Å². The zero-order valence-corrected chi connectivity index (χ0v) is 20.5.